The van der Waals surface area contributed by atoms with Gasteiger partial charge in [-0.05, 0) is 38.1 Å². The molecule has 0 radical (unpaired) electrons. The van der Waals surface area contributed by atoms with E-state index in [4.69, 9.17) is 0 Å². The second kappa shape index (κ2) is 5.70. The van der Waals surface area contributed by atoms with Crippen LogP contribution in [0.4, 0.5) is 11.6 Å². The van der Waals surface area contributed by atoms with Gasteiger partial charge >= 0.3 is 5.69 Å². The average molecular weight is 277 g/mol. The molecule has 0 unspecified atom stereocenters. The lowest BCUT2D eigenvalue weighted by molar-refractivity contribution is -0.385. The van der Waals surface area contributed by atoms with E-state index in [0.29, 0.717) is 12.0 Å². The second-order valence-corrected chi connectivity index (χ2v) is 5.61. The average Bonchev–Trinajstić information content (AvgIpc) is 3.30. The number of rotatable bonds is 5. The first-order valence-corrected chi connectivity index (χ1v) is 7.17. The van der Waals surface area contributed by atoms with Crippen LogP contribution >= 0.6 is 0 Å². The first kappa shape index (κ1) is 13.2. The number of piperidine rings is 1. The highest BCUT2D eigenvalue weighted by Gasteiger charge is 2.25. The molecule has 1 aromatic heterocycles. The van der Waals surface area contributed by atoms with Crippen LogP contribution in [0.3, 0.4) is 0 Å². The smallest absolute Gasteiger partial charge is 0.305 e. The van der Waals surface area contributed by atoms with Crippen LogP contribution in [0.15, 0.2) is 12.4 Å². The fraction of sp³-hybridized carbons (Fsp3) is 0.692. The van der Waals surface area contributed by atoms with Crippen LogP contribution < -0.4 is 10.2 Å². The molecule has 0 aromatic carbocycles. The number of anilines is 1. The maximum atomic E-state index is 10.6. The maximum Gasteiger partial charge on any atom is 0.305 e. The van der Waals surface area contributed by atoms with Crippen LogP contribution in [0, 0.1) is 16.0 Å². The molecule has 108 valence electrons. The Labute approximate surface area is 117 Å². The lowest BCUT2D eigenvalue weighted by Crippen LogP contribution is -2.43. The fourth-order valence-corrected chi connectivity index (χ4v) is 2.51. The number of hydrogen-bond donors (Lipinski definition) is 1. The van der Waals surface area contributed by atoms with Gasteiger partial charge in [0.25, 0.3) is 0 Å². The molecule has 0 spiro atoms. The molecule has 0 atom stereocenters. The van der Waals surface area contributed by atoms with Gasteiger partial charge in [0.2, 0.25) is 5.95 Å². The third kappa shape index (κ3) is 3.22. The van der Waals surface area contributed by atoms with Crippen molar-refractivity contribution in [3.05, 3.63) is 22.5 Å². The number of nitro groups is 1. The molecule has 0 amide bonds. The summed E-state index contributed by atoms with van der Waals surface area (Å²) in [6, 6.07) is 0.588. The highest BCUT2D eigenvalue weighted by atomic mass is 16.6. The third-order valence-electron chi connectivity index (χ3n) is 4.01. The first-order valence-electron chi connectivity index (χ1n) is 7.17. The molecule has 1 aromatic rings. The van der Waals surface area contributed by atoms with Gasteiger partial charge in [-0.1, -0.05) is 0 Å². The Bertz CT molecular complexity index is 466. The summed E-state index contributed by atoms with van der Waals surface area (Å²) in [7, 11) is 0. The molecule has 20 heavy (non-hydrogen) atoms. The summed E-state index contributed by atoms with van der Waals surface area (Å²) in [6.45, 7) is 2.96. The van der Waals surface area contributed by atoms with Gasteiger partial charge in [-0.25, -0.2) is 9.97 Å². The van der Waals surface area contributed by atoms with Crippen LogP contribution in [-0.4, -0.2) is 40.6 Å². The number of aromatic nitrogens is 2. The number of nitrogens with zero attached hydrogens (tertiary/aromatic N) is 4. The van der Waals surface area contributed by atoms with Crippen LogP contribution in [0.1, 0.15) is 25.7 Å². The van der Waals surface area contributed by atoms with Crippen molar-refractivity contribution in [2.75, 3.05) is 24.5 Å². The minimum Gasteiger partial charge on any atom is -0.341 e. The minimum atomic E-state index is -0.474. The lowest BCUT2D eigenvalue weighted by Gasteiger charge is -2.32. The van der Waals surface area contributed by atoms with E-state index in [-0.39, 0.29) is 5.69 Å². The van der Waals surface area contributed by atoms with Gasteiger partial charge in [0, 0.05) is 19.1 Å². The third-order valence-corrected chi connectivity index (χ3v) is 4.01. The molecule has 1 N–H and O–H groups in total. The Kier molecular flexibility index (Phi) is 3.77. The predicted octanol–water partition coefficient (Wildman–Crippen LogP) is 1.35. The topological polar surface area (TPSA) is 84.2 Å². The summed E-state index contributed by atoms with van der Waals surface area (Å²) < 4.78 is 0. The van der Waals surface area contributed by atoms with Crippen LogP contribution in [0.5, 0.6) is 0 Å². The van der Waals surface area contributed by atoms with Crippen molar-refractivity contribution in [3.63, 3.8) is 0 Å². The standard InChI is InChI=1S/C13H19N5O2/c19-18(20)12-8-15-13(16-9-12)17-5-3-11(4-6-17)14-7-10-1-2-10/h8-11,14H,1-7H2. The van der Waals surface area contributed by atoms with E-state index in [1.807, 2.05) is 0 Å². The molecule has 1 aliphatic carbocycles. The van der Waals surface area contributed by atoms with Gasteiger partial charge in [0.15, 0.2) is 0 Å². The SMILES string of the molecule is O=[N+]([O-])c1cnc(N2CCC(NCC3CC3)CC2)nc1. The highest BCUT2D eigenvalue weighted by Crippen LogP contribution is 2.28. The predicted molar refractivity (Wildman–Crippen MR) is 74.6 cm³/mol. The van der Waals surface area contributed by atoms with Crippen molar-refractivity contribution in [2.24, 2.45) is 5.92 Å². The first-order chi connectivity index (χ1) is 9.72. The molecule has 7 nitrogen and oxygen atoms in total. The van der Waals surface area contributed by atoms with Crippen molar-refractivity contribution < 1.29 is 4.92 Å². The molecular weight excluding hydrogens is 258 g/mol. The normalized spacial score (nSPS) is 20.1. The quantitative estimate of drug-likeness (QED) is 0.646. The van der Waals surface area contributed by atoms with Crippen molar-refractivity contribution >= 4 is 11.6 Å². The maximum absolute atomic E-state index is 10.6. The van der Waals surface area contributed by atoms with E-state index in [1.54, 1.807) is 0 Å². The van der Waals surface area contributed by atoms with Crippen molar-refractivity contribution in [1.82, 2.24) is 15.3 Å². The summed E-state index contributed by atoms with van der Waals surface area (Å²) in [4.78, 5) is 20.4. The largest absolute Gasteiger partial charge is 0.341 e. The Morgan fingerprint density at radius 1 is 1.25 bits per heavy atom. The van der Waals surface area contributed by atoms with E-state index in [1.165, 1.54) is 25.2 Å². The van der Waals surface area contributed by atoms with Crippen molar-refractivity contribution in [2.45, 2.75) is 31.7 Å². The molecule has 2 aliphatic rings. The Morgan fingerprint density at radius 2 is 1.90 bits per heavy atom. The monoisotopic (exact) mass is 277 g/mol. The molecular formula is C13H19N5O2. The summed E-state index contributed by atoms with van der Waals surface area (Å²) in [6.07, 6.45) is 7.46. The number of hydrogen-bond acceptors (Lipinski definition) is 6. The Hall–Kier alpha value is -1.76. The molecule has 2 heterocycles. The Balaban J connectivity index is 1.50. The van der Waals surface area contributed by atoms with E-state index in [2.05, 4.69) is 20.2 Å². The van der Waals surface area contributed by atoms with Gasteiger partial charge in [-0.15, -0.1) is 0 Å². The van der Waals surface area contributed by atoms with Crippen LogP contribution in [-0.2, 0) is 0 Å². The van der Waals surface area contributed by atoms with Gasteiger partial charge in [0.1, 0.15) is 12.4 Å². The molecule has 1 saturated heterocycles. The molecule has 1 aliphatic heterocycles. The second-order valence-electron chi connectivity index (χ2n) is 5.61. The Morgan fingerprint density at radius 3 is 2.45 bits per heavy atom. The van der Waals surface area contributed by atoms with E-state index in [9.17, 15) is 10.1 Å². The zero-order valence-electron chi connectivity index (χ0n) is 11.4. The molecule has 1 saturated carbocycles. The zero-order valence-corrected chi connectivity index (χ0v) is 11.4. The van der Waals surface area contributed by atoms with E-state index < -0.39 is 4.92 Å². The molecule has 7 heteroatoms. The zero-order chi connectivity index (χ0) is 13.9. The minimum absolute atomic E-state index is 0.0604. The van der Waals surface area contributed by atoms with Crippen LogP contribution in [0.25, 0.3) is 0 Å². The van der Waals surface area contributed by atoms with Gasteiger partial charge in [-0.3, -0.25) is 10.1 Å². The summed E-state index contributed by atoms with van der Waals surface area (Å²) >= 11 is 0. The molecule has 2 fully saturated rings. The number of nitrogens with one attached hydrogen (secondary N) is 1. The van der Waals surface area contributed by atoms with Gasteiger partial charge in [0.05, 0.1) is 4.92 Å². The van der Waals surface area contributed by atoms with Crippen LogP contribution in [0.2, 0.25) is 0 Å². The highest BCUT2D eigenvalue weighted by molar-refractivity contribution is 5.34. The van der Waals surface area contributed by atoms with Gasteiger partial charge in [-0.2, -0.15) is 0 Å². The molecule has 0 bridgehead atoms. The van der Waals surface area contributed by atoms with Gasteiger partial charge < -0.3 is 10.2 Å². The molecule has 3 rings (SSSR count). The lowest BCUT2D eigenvalue weighted by atomic mass is 10.1. The van der Waals surface area contributed by atoms with E-state index >= 15 is 0 Å². The fourth-order valence-electron chi connectivity index (χ4n) is 2.51. The summed E-state index contributed by atoms with van der Waals surface area (Å²) in [5.41, 5.74) is -0.0604. The van der Waals surface area contributed by atoms with Crippen molar-refractivity contribution in [3.8, 4) is 0 Å². The summed E-state index contributed by atoms with van der Waals surface area (Å²) in [5, 5.41) is 14.2. The van der Waals surface area contributed by atoms with E-state index in [0.717, 1.165) is 38.4 Å². The van der Waals surface area contributed by atoms with Crippen molar-refractivity contribution in [1.29, 1.82) is 0 Å². The summed E-state index contributed by atoms with van der Waals surface area (Å²) in [5.74, 6) is 1.50.